The Labute approximate surface area is 107 Å². The van der Waals surface area contributed by atoms with Gasteiger partial charge in [0.2, 0.25) is 5.88 Å². The third-order valence-corrected chi connectivity index (χ3v) is 2.84. The van der Waals surface area contributed by atoms with Crippen LogP contribution < -0.4 is 10.1 Å². The molecule has 0 saturated heterocycles. The largest absolute Gasteiger partial charge is 0.480 e. The van der Waals surface area contributed by atoms with Crippen LogP contribution in [0.5, 0.6) is 5.88 Å². The number of aromatic nitrogens is 1. The first-order chi connectivity index (χ1) is 7.60. The second-order valence-corrected chi connectivity index (χ2v) is 4.40. The standard InChI is InChI=1S/C10H13IN2O3/c1-6(5-14)13-9(15)8-7(11)3-4-12-10(8)16-2/h3-4,6,14H,5H2,1-2H3,(H,13,15)/t6-/m0/s1. The van der Waals surface area contributed by atoms with E-state index >= 15 is 0 Å². The number of methoxy groups -OCH3 is 1. The summed E-state index contributed by atoms with van der Waals surface area (Å²) in [6.07, 6.45) is 1.58. The van der Waals surface area contributed by atoms with E-state index in [1.165, 1.54) is 7.11 Å². The number of ether oxygens (including phenoxy) is 1. The molecule has 1 aromatic rings. The van der Waals surface area contributed by atoms with Crippen LogP contribution in [-0.4, -0.2) is 35.8 Å². The summed E-state index contributed by atoms with van der Waals surface area (Å²) in [4.78, 5) is 15.8. The Morgan fingerprint density at radius 2 is 2.44 bits per heavy atom. The van der Waals surface area contributed by atoms with E-state index < -0.39 is 0 Å². The highest BCUT2D eigenvalue weighted by Gasteiger charge is 2.18. The van der Waals surface area contributed by atoms with Crippen molar-refractivity contribution >= 4 is 28.5 Å². The topological polar surface area (TPSA) is 71.5 Å². The Morgan fingerprint density at radius 1 is 1.75 bits per heavy atom. The lowest BCUT2D eigenvalue weighted by molar-refractivity contribution is 0.0917. The van der Waals surface area contributed by atoms with E-state index in [0.717, 1.165) is 3.57 Å². The molecular weight excluding hydrogens is 323 g/mol. The van der Waals surface area contributed by atoms with Gasteiger partial charge in [-0.3, -0.25) is 4.79 Å². The summed E-state index contributed by atoms with van der Waals surface area (Å²) in [7, 11) is 1.46. The van der Waals surface area contributed by atoms with Crippen LogP contribution in [0, 0.1) is 3.57 Å². The van der Waals surface area contributed by atoms with Crippen molar-refractivity contribution in [2.45, 2.75) is 13.0 Å². The van der Waals surface area contributed by atoms with Crippen LogP contribution in [0.1, 0.15) is 17.3 Å². The average molecular weight is 336 g/mol. The summed E-state index contributed by atoms with van der Waals surface area (Å²) in [6.45, 7) is 1.61. The molecule has 0 spiro atoms. The number of hydrogen-bond donors (Lipinski definition) is 2. The Bertz CT molecular complexity index is 384. The fourth-order valence-corrected chi connectivity index (χ4v) is 1.76. The molecule has 16 heavy (non-hydrogen) atoms. The van der Waals surface area contributed by atoms with Crippen LogP contribution >= 0.6 is 22.6 Å². The zero-order valence-electron chi connectivity index (χ0n) is 9.03. The van der Waals surface area contributed by atoms with Gasteiger partial charge in [-0.15, -0.1) is 0 Å². The predicted molar refractivity (Wildman–Crippen MR) is 67.5 cm³/mol. The molecule has 2 N–H and O–H groups in total. The molecule has 6 heteroatoms. The first-order valence-electron chi connectivity index (χ1n) is 4.70. The van der Waals surface area contributed by atoms with Gasteiger partial charge in [0.25, 0.3) is 5.91 Å². The van der Waals surface area contributed by atoms with E-state index in [4.69, 9.17) is 9.84 Å². The summed E-state index contributed by atoms with van der Waals surface area (Å²) in [5, 5.41) is 11.5. The number of carbonyl (C=O) groups excluding carboxylic acids is 1. The maximum Gasteiger partial charge on any atom is 0.258 e. The van der Waals surface area contributed by atoms with Gasteiger partial charge in [0.05, 0.1) is 13.7 Å². The summed E-state index contributed by atoms with van der Waals surface area (Å²) >= 11 is 2.04. The van der Waals surface area contributed by atoms with Gasteiger partial charge in [0, 0.05) is 15.8 Å². The van der Waals surface area contributed by atoms with Crippen LogP contribution in [-0.2, 0) is 0 Å². The Hall–Kier alpha value is -0.890. The number of rotatable bonds is 4. The molecular formula is C10H13IN2O3. The summed E-state index contributed by atoms with van der Waals surface area (Å²) < 4.78 is 5.78. The third-order valence-electron chi connectivity index (χ3n) is 1.94. The number of nitrogens with zero attached hydrogens (tertiary/aromatic N) is 1. The lowest BCUT2D eigenvalue weighted by Crippen LogP contribution is -2.35. The van der Waals surface area contributed by atoms with E-state index in [1.807, 2.05) is 22.6 Å². The van der Waals surface area contributed by atoms with Crippen molar-refractivity contribution in [3.63, 3.8) is 0 Å². The molecule has 0 fully saturated rings. The average Bonchev–Trinajstić information content (AvgIpc) is 2.28. The van der Waals surface area contributed by atoms with Gasteiger partial charge in [0.15, 0.2) is 0 Å². The maximum absolute atomic E-state index is 11.9. The molecule has 1 heterocycles. The zero-order chi connectivity index (χ0) is 12.1. The molecule has 0 aromatic carbocycles. The van der Waals surface area contributed by atoms with E-state index in [1.54, 1.807) is 19.2 Å². The van der Waals surface area contributed by atoms with Crippen molar-refractivity contribution in [3.8, 4) is 5.88 Å². The Balaban J connectivity index is 2.98. The first kappa shape index (κ1) is 13.2. The number of aliphatic hydroxyl groups is 1. The summed E-state index contributed by atoms with van der Waals surface area (Å²) in [5.41, 5.74) is 0.394. The third kappa shape index (κ3) is 3.05. The minimum atomic E-state index is -0.298. The van der Waals surface area contributed by atoms with Crippen molar-refractivity contribution < 1.29 is 14.6 Å². The van der Waals surface area contributed by atoms with Gasteiger partial charge in [-0.05, 0) is 35.6 Å². The van der Waals surface area contributed by atoms with E-state index in [-0.39, 0.29) is 24.4 Å². The molecule has 0 radical (unpaired) electrons. The van der Waals surface area contributed by atoms with Crippen LogP contribution in [0.3, 0.4) is 0 Å². The summed E-state index contributed by atoms with van der Waals surface area (Å²) in [5.74, 6) is -0.00885. The van der Waals surface area contributed by atoms with Crippen LogP contribution in [0.15, 0.2) is 12.3 Å². The van der Waals surface area contributed by atoms with E-state index in [2.05, 4.69) is 10.3 Å². The van der Waals surface area contributed by atoms with Crippen molar-refractivity contribution in [1.82, 2.24) is 10.3 Å². The van der Waals surface area contributed by atoms with Gasteiger partial charge in [0.1, 0.15) is 5.56 Å². The van der Waals surface area contributed by atoms with Crippen LogP contribution in [0.2, 0.25) is 0 Å². The van der Waals surface area contributed by atoms with Gasteiger partial charge in [-0.1, -0.05) is 0 Å². The Kier molecular flexibility index (Phi) is 4.94. The highest BCUT2D eigenvalue weighted by atomic mass is 127. The number of pyridine rings is 1. The fourth-order valence-electron chi connectivity index (χ4n) is 1.12. The predicted octanol–water partition coefficient (Wildman–Crippen LogP) is 0.805. The minimum Gasteiger partial charge on any atom is -0.480 e. The molecule has 1 amide bonds. The first-order valence-corrected chi connectivity index (χ1v) is 5.78. The van der Waals surface area contributed by atoms with Crippen molar-refractivity contribution in [3.05, 3.63) is 21.4 Å². The fraction of sp³-hybridized carbons (Fsp3) is 0.400. The number of nitrogens with one attached hydrogen (secondary N) is 1. The van der Waals surface area contributed by atoms with Crippen molar-refractivity contribution in [2.24, 2.45) is 0 Å². The molecule has 0 aliphatic heterocycles. The Morgan fingerprint density at radius 3 is 3.00 bits per heavy atom. The smallest absolute Gasteiger partial charge is 0.258 e. The van der Waals surface area contributed by atoms with Gasteiger partial charge in [-0.25, -0.2) is 4.98 Å². The molecule has 0 unspecified atom stereocenters. The number of amides is 1. The SMILES string of the molecule is COc1nccc(I)c1C(=O)N[C@@H](C)CO. The van der Waals surface area contributed by atoms with E-state index in [9.17, 15) is 4.79 Å². The summed E-state index contributed by atoms with van der Waals surface area (Å²) in [6, 6.07) is 1.43. The number of aliphatic hydroxyl groups excluding tert-OH is 1. The van der Waals surface area contributed by atoms with E-state index in [0.29, 0.717) is 5.56 Å². The normalized spacial score (nSPS) is 12.0. The second-order valence-electron chi connectivity index (χ2n) is 3.23. The maximum atomic E-state index is 11.9. The lowest BCUT2D eigenvalue weighted by atomic mass is 10.2. The number of hydrogen-bond acceptors (Lipinski definition) is 4. The number of carbonyl (C=O) groups is 1. The molecule has 88 valence electrons. The van der Waals surface area contributed by atoms with Gasteiger partial charge < -0.3 is 15.2 Å². The van der Waals surface area contributed by atoms with Crippen molar-refractivity contribution in [1.29, 1.82) is 0 Å². The molecule has 0 aliphatic rings. The molecule has 1 aromatic heterocycles. The van der Waals surface area contributed by atoms with Crippen molar-refractivity contribution in [2.75, 3.05) is 13.7 Å². The molecule has 1 rings (SSSR count). The zero-order valence-corrected chi connectivity index (χ0v) is 11.2. The molecule has 1 atom stereocenters. The van der Waals surface area contributed by atoms with Crippen LogP contribution in [0.4, 0.5) is 0 Å². The van der Waals surface area contributed by atoms with Gasteiger partial charge >= 0.3 is 0 Å². The highest BCUT2D eigenvalue weighted by Crippen LogP contribution is 2.20. The minimum absolute atomic E-state index is 0.106. The van der Waals surface area contributed by atoms with Gasteiger partial charge in [-0.2, -0.15) is 0 Å². The van der Waals surface area contributed by atoms with Crippen LogP contribution in [0.25, 0.3) is 0 Å². The molecule has 0 aliphatic carbocycles. The molecule has 5 nitrogen and oxygen atoms in total. The number of halogens is 1. The molecule has 0 bridgehead atoms. The monoisotopic (exact) mass is 336 g/mol. The molecule has 0 saturated carbocycles. The quantitative estimate of drug-likeness (QED) is 0.798. The second kappa shape index (κ2) is 6.00. The lowest BCUT2D eigenvalue weighted by Gasteiger charge is -2.13. The highest BCUT2D eigenvalue weighted by molar-refractivity contribution is 14.1.